The topological polar surface area (TPSA) is 86.8 Å². The molecule has 1 saturated carbocycles. The molecule has 0 radical (unpaired) electrons. The molecule has 0 spiro atoms. The summed E-state index contributed by atoms with van der Waals surface area (Å²) in [6, 6.07) is 16.5. The van der Waals surface area contributed by atoms with Gasteiger partial charge in [0.15, 0.2) is 0 Å². The number of carbonyl (C=O) groups excluding carboxylic acids is 2. The van der Waals surface area contributed by atoms with Crippen molar-refractivity contribution in [2.24, 2.45) is 0 Å². The van der Waals surface area contributed by atoms with Crippen molar-refractivity contribution >= 4 is 39.1 Å². The van der Waals surface area contributed by atoms with Crippen molar-refractivity contribution in [1.82, 2.24) is 10.2 Å². The van der Waals surface area contributed by atoms with Gasteiger partial charge in [0.05, 0.1) is 16.1 Å². The normalized spacial score (nSPS) is 14.8. The maximum atomic E-state index is 13.9. The zero-order valence-electron chi connectivity index (χ0n) is 22.9. The Morgan fingerprint density at radius 2 is 1.64 bits per heavy atom. The van der Waals surface area contributed by atoms with E-state index in [1.807, 2.05) is 0 Å². The van der Waals surface area contributed by atoms with Crippen molar-refractivity contribution in [2.45, 2.75) is 62.3 Å². The summed E-state index contributed by atoms with van der Waals surface area (Å²) in [4.78, 5) is 28.2. The summed E-state index contributed by atoms with van der Waals surface area (Å²) in [6.07, 6.45) is -1.14. The van der Waals surface area contributed by atoms with Crippen LogP contribution < -0.4 is 9.62 Å². The van der Waals surface area contributed by atoms with Crippen LogP contribution in [0.3, 0.4) is 0 Å². The Morgan fingerprint density at radius 3 is 2.29 bits per heavy atom. The molecule has 0 aromatic heterocycles. The molecule has 4 rings (SSSR count). The van der Waals surface area contributed by atoms with Crippen LogP contribution in [0.2, 0.25) is 5.02 Å². The van der Waals surface area contributed by atoms with Crippen LogP contribution in [0.5, 0.6) is 0 Å². The van der Waals surface area contributed by atoms with E-state index in [0.29, 0.717) is 21.0 Å². The van der Waals surface area contributed by atoms with Gasteiger partial charge in [-0.2, -0.15) is 13.2 Å². The molecule has 3 aromatic carbocycles. The van der Waals surface area contributed by atoms with Crippen molar-refractivity contribution in [3.63, 3.8) is 0 Å². The lowest BCUT2D eigenvalue weighted by atomic mass is 10.1. The number of alkyl halides is 3. The quantitative estimate of drug-likeness (QED) is 0.300. The number of benzene rings is 3. The Balaban J connectivity index is 1.72. The standard InChI is InChI=1S/C30H31ClF3N3O4S/c1-21(29(39)35-25-12-5-6-13-25)36(19-22-9-7-11-24(31)17-22)28(38)20-37(42(40,41)27-15-3-2-4-16-27)26-14-8-10-23(18-26)30(32,33)34/h2-4,7-11,14-18,21,25H,5-6,12-13,19-20H2,1H3,(H,35,39). The lowest BCUT2D eigenvalue weighted by Crippen LogP contribution is -2.52. The highest BCUT2D eigenvalue weighted by Crippen LogP contribution is 2.33. The number of amides is 2. The van der Waals surface area contributed by atoms with Crippen LogP contribution in [0.15, 0.2) is 83.8 Å². The van der Waals surface area contributed by atoms with Gasteiger partial charge in [-0.1, -0.05) is 60.8 Å². The van der Waals surface area contributed by atoms with Gasteiger partial charge in [-0.3, -0.25) is 13.9 Å². The number of nitrogens with one attached hydrogen (secondary N) is 1. The summed E-state index contributed by atoms with van der Waals surface area (Å²) < 4.78 is 68.9. The second kappa shape index (κ2) is 13.2. The Bertz CT molecular complexity index is 1510. The van der Waals surface area contributed by atoms with E-state index >= 15 is 0 Å². The predicted octanol–water partition coefficient (Wildman–Crippen LogP) is 6.03. The first kappa shape index (κ1) is 31.4. The smallest absolute Gasteiger partial charge is 0.352 e. The van der Waals surface area contributed by atoms with Crippen LogP contribution in [0.4, 0.5) is 18.9 Å². The molecule has 1 atom stereocenters. The summed E-state index contributed by atoms with van der Waals surface area (Å²) in [5.41, 5.74) is -0.818. The van der Waals surface area contributed by atoms with Gasteiger partial charge in [0, 0.05) is 17.6 Å². The molecule has 12 heteroatoms. The van der Waals surface area contributed by atoms with E-state index in [1.54, 1.807) is 30.3 Å². The maximum Gasteiger partial charge on any atom is 0.416 e. The van der Waals surface area contributed by atoms with Crippen molar-refractivity contribution in [3.05, 3.63) is 95.0 Å². The lowest BCUT2D eigenvalue weighted by molar-refractivity contribution is -0.139. The highest BCUT2D eigenvalue weighted by Gasteiger charge is 2.35. The highest BCUT2D eigenvalue weighted by atomic mass is 35.5. The van der Waals surface area contributed by atoms with Crippen LogP contribution in [0.25, 0.3) is 0 Å². The summed E-state index contributed by atoms with van der Waals surface area (Å²) in [7, 11) is -4.49. The number of halogens is 4. The molecule has 7 nitrogen and oxygen atoms in total. The molecule has 3 aromatic rings. The van der Waals surface area contributed by atoms with Gasteiger partial charge in [-0.15, -0.1) is 0 Å². The molecule has 224 valence electrons. The van der Waals surface area contributed by atoms with E-state index in [9.17, 15) is 31.2 Å². The van der Waals surface area contributed by atoms with Crippen molar-refractivity contribution in [2.75, 3.05) is 10.8 Å². The fraction of sp³-hybridized carbons (Fsp3) is 0.333. The third-order valence-electron chi connectivity index (χ3n) is 7.18. The van der Waals surface area contributed by atoms with Crippen molar-refractivity contribution in [1.29, 1.82) is 0 Å². The van der Waals surface area contributed by atoms with Crippen LogP contribution in [0.1, 0.15) is 43.7 Å². The number of rotatable bonds is 10. The monoisotopic (exact) mass is 621 g/mol. The zero-order valence-corrected chi connectivity index (χ0v) is 24.4. The number of nitrogens with zero attached hydrogens (tertiary/aromatic N) is 2. The van der Waals surface area contributed by atoms with Gasteiger partial charge < -0.3 is 10.2 Å². The zero-order chi connectivity index (χ0) is 30.5. The molecular formula is C30H31ClF3N3O4S. The first-order chi connectivity index (χ1) is 19.9. The number of anilines is 1. The molecule has 1 fully saturated rings. The molecule has 1 aliphatic carbocycles. The fourth-order valence-corrected chi connectivity index (χ4v) is 6.53. The first-order valence-corrected chi connectivity index (χ1v) is 15.3. The van der Waals surface area contributed by atoms with Crippen LogP contribution >= 0.6 is 11.6 Å². The predicted molar refractivity (Wildman–Crippen MR) is 154 cm³/mol. The average molecular weight is 622 g/mol. The van der Waals surface area contributed by atoms with Gasteiger partial charge >= 0.3 is 6.18 Å². The average Bonchev–Trinajstić information content (AvgIpc) is 3.47. The van der Waals surface area contributed by atoms with Gasteiger partial charge in [-0.05, 0) is 67.8 Å². The van der Waals surface area contributed by atoms with Gasteiger partial charge in [0.2, 0.25) is 11.8 Å². The third-order valence-corrected chi connectivity index (χ3v) is 9.21. The third kappa shape index (κ3) is 7.63. The van der Waals surface area contributed by atoms with Gasteiger partial charge in [0.1, 0.15) is 12.6 Å². The van der Waals surface area contributed by atoms with Crippen LogP contribution in [-0.2, 0) is 32.3 Å². The molecular weight excluding hydrogens is 591 g/mol. The first-order valence-electron chi connectivity index (χ1n) is 13.5. The molecule has 1 unspecified atom stereocenters. The van der Waals surface area contributed by atoms with E-state index in [-0.39, 0.29) is 23.2 Å². The Kier molecular flexibility index (Phi) is 9.83. The number of hydrogen-bond donors (Lipinski definition) is 1. The van der Waals surface area contributed by atoms with Crippen molar-refractivity contribution in [3.8, 4) is 0 Å². The van der Waals surface area contributed by atoms with Crippen LogP contribution in [0, 0.1) is 0 Å². The largest absolute Gasteiger partial charge is 0.416 e. The Hall–Kier alpha value is -3.57. The van der Waals surface area contributed by atoms with E-state index in [0.717, 1.165) is 37.8 Å². The van der Waals surface area contributed by atoms with Gasteiger partial charge in [0.25, 0.3) is 10.0 Å². The fourth-order valence-electron chi connectivity index (χ4n) is 4.89. The van der Waals surface area contributed by atoms with E-state index in [4.69, 9.17) is 11.6 Å². The number of carbonyl (C=O) groups is 2. The number of sulfonamides is 1. The van der Waals surface area contributed by atoms with Crippen LogP contribution in [-0.4, -0.2) is 43.8 Å². The van der Waals surface area contributed by atoms with E-state index in [2.05, 4.69) is 5.32 Å². The Morgan fingerprint density at radius 1 is 0.976 bits per heavy atom. The molecule has 0 saturated heterocycles. The summed E-state index contributed by atoms with van der Waals surface area (Å²) >= 11 is 6.14. The molecule has 0 heterocycles. The van der Waals surface area contributed by atoms with E-state index < -0.39 is 46.2 Å². The summed E-state index contributed by atoms with van der Waals surface area (Å²) in [6.45, 7) is 0.605. The van der Waals surface area contributed by atoms with E-state index in [1.165, 1.54) is 42.2 Å². The second-order valence-corrected chi connectivity index (χ2v) is 12.5. The molecule has 1 aliphatic rings. The molecule has 0 aliphatic heterocycles. The second-order valence-electron chi connectivity index (χ2n) is 10.2. The molecule has 0 bridgehead atoms. The Labute approximate surface area is 248 Å². The minimum Gasteiger partial charge on any atom is -0.352 e. The highest BCUT2D eigenvalue weighted by molar-refractivity contribution is 7.92. The van der Waals surface area contributed by atoms with Gasteiger partial charge in [-0.25, -0.2) is 8.42 Å². The minimum absolute atomic E-state index is 0.0249. The molecule has 42 heavy (non-hydrogen) atoms. The summed E-state index contributed by atoms with van der Waals surface area (Å²) in [5, 5.41) is 3.36. The maximum absolute atomic E-state index is 13.9. The number of hydrogen-bond acceptors (Lipinski definition) is 4. The molecule has 1 N–H and O–H groups in total. The van der Waals surface area contributed by atoms with Crippen molar-refractivity contribution < 1.29 is 31.2 Å². The summed E-state index contributed by atoms with van der Waals surface area (Å²) in [5.74, 6) is -1.19. The lowest BCUT2D eigenvalue weighted by Gasteiger charge is -2.32. The minimum atomic E-state index is -4.74. The SMILES string of the molecule is CC(C(=O)NC1CCCC1)N(Cc1cccc(Cl)c1)C(=O)CN(c1cccc(C(F)(F)F)c1)S(=O)(=O)c1ccccc1. The molecule has 2 amide bonds.